The van der Waals surface area contributed by atoms with Crippen molar-refractivity contribution >= 4 is 23.4 Å². The predicted octanol–water partition coefficient (Wildman–Crippen LogP) is 2.04. The van der Waals surface area contributed by atoms with Gasteiger partial charge in [0.1, 0.15) is 0 Å². The van der Waals surface area contributed by atoms with Crippen molar-refractivity contribution in [2.75, 3.05) is 6.54 Å². The van der Waals surface area contributed by atoms with Crippen LogP contribution in [-0.4, -0.2) is 33.0 Å². The molecule has 1 atom stereocenters. The molecule has 1 aliphatic rings. The molecule has 1 unspecified atom stereocenters. The van der Waals surface area contributed by atoms with E-state index in [0.29, 0.717) is 11.4 Å². The molecule has 1 fully saturated rings. The summed E-state index contributed by atoms with van der Waals surface area (Å²) in [6.07, 6.45) is 4.34. The van der Waals surface area contributed by atoms with E-state index in [1.807, 2.05) is 13.2 Å². The molecule has 0 spiro atoms. The van der Waals surface area contributed by atoms with Gasteiger partial charge in [0.2, 0.25) is 11.8 Å². The molecule has 0 radical (unpaired) electrons. The van der Waals surface area contributed by atoms with Crippen LogP contribution < -0.4 is 0 Å². The molecule has 2 heterocycles. The fourth-order valence-electron chi connectivity index (χ4n) is 2.69. The fourth-order valence-corrected chi connectivity index (χ4v) is 2.82. The number of aryl methyl sites for hydroxylation is 1. The van der Waals surface area contributed by atoms with Gasteiger partial charge < -0.3 is 0 Å². The summed E-state index contributed by atoms with van der Waals surface area (Å²) in [5.41, 5.74) is 1.75. The van der Waals surface area contributed by atoms with Crippen LogP contribution in [0.25, 0.3) is 0 Å². The lowest BCUT2D eigenvalue weighted by Gasteiger charge is -2.10. The average molecular weight is 342 g/mol. The van der Waals surface area contributed by atoms with E-state index in [1.54, 1.807) is 35.1 Å². The van der Waals surface area contributed by atoms with E-state index in [4.69, 9.17) is 11.6 Å². The Labute approximate surface area is 145 Å². The molecule has 0 N–H and O–H groups in total. The molecule has 1 aromatic heterocycles. The van der Waals surface area contributed by atoms with Gasteiger partial charge in [-0.25, -0.2) is 0 Å². The number of aromatic nitrogens is 2. The van der Waals surface area contributed by atoms with Gasteiger partial charge in [-0.15, -0.1) is 0 Å². The first-order valence-corrected chi connectivity index (χ1v) is 7.97. The minimum atomic E-state index is -0.320. The van der Waals surface area contributed by atoms with Crippen molar-refractivity contribution in [3.63, 3.8) is 0 Å². The lowest BCUT2D eigenvalue weighted by Crippen LogP contribution is -2.31. The standard InChI is InChI=1S/C18H16ClN3O2/c1-21-12-14(11-20-21)9-15-10-17(23)22(18(15)24)8-2-3-13-4-6-16(19)7-5-13/h4-7,11-12,15H,8-10H2,1H3. The molecule has 1 aliphatic heterocycles. The van der Waals surface area contributed by atoms with E-state index >= 15 is 0 Å². The molecule has 1 saturated heterocycles. The van der Waals surface area contributed by atoms with Crippen LogP contribution in [0.1, 0.15) is 17.5 Å². The van der Waals surface area contributed by atoms with Crippen LogP contribution >= 0.6 is 11.6 Å². The summed E-state index contributed by atoms with van der Waals surface area (Å²) < 4.78 is 1.69. The largest absolute Gasteiger partial charge is 0.276 e. The summed E-state index contributed by atoms with van der Waals surface area (Å²) in [5, 5.41) is 4.73. The molecule has 5 nitrogen and oxygen atoms in total. The van der Waals surface area contributed by atoms with Gasteiger partial charge in [-0.2, -0.15) is 5.10 Å². The summed E-state index contributed by atoms with van der Waals surface area (Å²) in [4.78, 5) is 25.7. The first-order valence-electron chi connectivity index (χ1n) is 7.59. The molecule has 0 saturated carbocycles. The number of carbonyl (C=O) groups excluding carboxylic acids is 2. The van der Waals surface area contributed by atoms with Gasteiger partial charge in [0.25, 0.3) is 0 Å². The number of benzene rings is 1. The SMILES string of the molecule is Cn1cc(CC2CC(=O)N(CC#Cc3ccc(Cl)cc3)C2=O)cn1. The molecular weight excluding hydrogens is 326 g/mol. The van der Waals surface area contributed by atoms with Gasteiger partial charge >= 0.3 is 0 Å². The van der Waals surface area contributed by atoms with Crippen molar-refractivity contribution in [3.8, 4) is 11.8 Å². The van der Waals surface area contributed by atoms with Crippen LogP contribution in [0, 0.1) is 17.8 Å². The molecule has 1 aromatic carbocycles. The Morgan fingerprint density at radius 2 is 2.04 bits per heavy atom. The van der Waals surface area contributed by atoms with Crippen LogP contribution in [0.4, 0.5) is 0 Å². The number of likely N-dealkylation sites (tertiary alicyclic amines) is 1. The summed E-state index contributed by atoms with van der Waals surface area (Å²) in [5.74, 6) is 5.18. The van der Waals surface area contributed by atoms with E-state index in [9.17, 15) is 9.59 Å². The van der Waals surface area contributed by atoms with Crippen LogP contribution in [0.5, 0.6) is 0 Å². The van der Waals surface area contributed by atoms with Crippen LogP contribution in [0.2, 0.25) is 5.02 Å². The van der Waals surface area contributed by atoms with Crippen molar-refractivity contribution in [3.05, 3.63) is 52.8 Å². The molecule has 24 heavy (non-hydrogen) atoms. The lowest BCUT2D eigenvalue weighted by atomic mass is 10.0. The number of amides is 2. The number of hydrogen-bond donors (Lipinski definition) is 0. The zero-order chi connectivity index (χ0) is 17.1. The third-order valence-electron chi connectivity index (χ3n) is 3.89. The zero-order valence-electron chi connectivity index (χ0n) is 13.2. The van der Waals surface area contributed by atoms with Crippen molar-refractivity contribution in [2.45, 2.75) is 12.8 Å². The fraction of sp³-hybridized carbons (Fsp3) is 0.278. The summed E-state index contributed by atoms with van der Waals surface area (Å²) in [6, 6.07) is 7.10. The van der Waals surface area contributed by atoms with Gasteiger partial charge in [-0.3, -0.25) is 19.2 Å². The summed E-state index contributed by atoms with van der Waals surface area (Å²) in [7, 11) is 1.82. The second-order valence-corrected chi connectivity index (χ2v) is 6.19. The Hall–Kier alpha value is -2.58. The number of carbonyl (C=O) groups is 2. The minimum absolute atomic E-state index is 0.115. The monoisotopic (exact) mass is 341 g/mol. The number of halogens is 1. The van der Waals surface area contributed by atoms with Crippen molar-refractivity contribution in [2.24, 2.45) is 13.0 Å². The van der Waals surface area contributed by atoms with E-state index in [1.165, 1.54) is 4.90 Å². The molecule has 0 bridgehead atoms. The zero-order valence-corrected chi connectivity index (χ0v) is 14.0. The normalized spacial score (nSPS) is 17.1. The molecule has 2 aromatic rings. The van der Waals surface area contributed by atoms with Gasteiger partial charge in [-0.05, 0) is 36.2 Å². The first-order chi connectivity index (χ1) is 11.5. The molecule has 3 rings (SSSR count). The maximum atomic E-state index is 12.4. The van der Waals surface area contributed by atoms with E-state index in [-0.39, 0.29) is 30.7 Å². The summed E-state index contributed by atoms with van der Waals surface area (Å²) >= 11 is 5.82. The predicted molar refractivity (Wildman–Crippen MR) is 90.1 cm³/mol. The highest BCUT2D eigenvalue weighted by Crippen LogP contribution is 2.23. The third-order valence-corrected chi connectivity index (χ3v) is 4.14. The first kappa shape index (κ1) is 16.3. The number of rotatable bonds is 3. The number of nitrogens with zero attached hydrogens (tertiary/aromatic N) is 3. The van der Waals surface area contributed by atoms with Gasteiger partial charge in [0.05, 0.1) is 18.7 Å². The second-order valence-electron chi connectivity index (χ2n) is 5.75. The van der Waals surface area contributed by atoms with Crippen molar-refractivity contribution in [1.29, 1.82) is 0 Å². The Balaban J connectivity index is 1.63. The van der Waals surface area contributed by atoms with E-state index in [2.05, 4.69) is 16.9 Å². The molecule has 2 amide bonds. The highest BCUT2D eigenvalue weighted by molar-refractivity contribution is 6.30. The van der Waals surface area contributed by atoms with Gasteiger partial charge in [0.15, 0.2) is 0 Å². The van der Waals surface area contributed by atoms with Crippen LogP contribution in [0.3, 0.4) is 0 Å². The highest BCUT2D eigenvalue weighted by Gasteiger charge is 2.37. The van der Waals surface area contributed by atoms with Gasteiger partial charge in [0, 0.05) is 30.3 Å². The van der Waals surface area contributed by atoms with Crippen LogP contribution in [-0.2, 0) is 23.1 Å². The minimum Gasteiger partial charge on any atom is -0.276 e. The van der Waals surface area contributed by atoms with E-state index in [0.717, 1.165) is 11.1 Å². The number of imide groups is 1. The van der Waals surface area contributed by atoms with Crippen molar-refractivity contribution < 1.29 is 9.59 Å². The Kier molecular flexibility index (Phi) is 4.68. The third kappa shape index (κ3) is 3.66. The quantitative estimate of drug-likeness (QED) is 0.634. The maximum absolute atomic E-state index is 12.4. The van der Waals surface area contributed by atoms with E-state index < -0.39 is 0 Å². The molecular formula is C18H16ClN3O2. The van der Waals surface area contributed by atoms with Crippen molar-refractivity contribution in [1.82, 2.24) is 14.7 Å². The number of hydrogen-bond acceptors (Lipinski definition) is 3. The topological polar surface area (TPSA) is 55.2 Å². The second kappa shape index (κ2) is 6.90. The van der Waals surface area contributed by atoms with Crippen LogP contribution in [0.15, 0.2) is 36.7 Å². The molecule has 6 heteroatoms. The van der Waals surface area contributed by atoms with Gasteiger partial charge in [-0.1, -0.05) is 23.4 Å². The smallest absolute Gasteiger partial charge is 0.233 e. The lowest BCUT2D eigenvalue weighted by molar-refractivity contribution is -0.138. The average Bonchev–Trinajstić information content (AvgIpc) is 3.07. The Morgan fingerprint density at radius 3 is 2.71 bits per heavy atom. The molecule has 0 aliphatic carbocycles. The molecule has 122 valence electrons. The Bertz CT molecular complexity index is 830. The highest BCUT2D eigenvalue weighted by atomic mass is 35.5. The maximum Gasteiger partial charge on any atom is 0.233 e. The summed E-state index contributed by atoms with van der Waals surface area (Å²) in [6.45, 7) is 0.115. The Morgan fingerprint density at radius 1 is 1.29 bits per heavy atom.